The first-order valence-electron chi connectivity index (χ1n) is 13.9. The maximum atomic E-state index is 15.5. The zero-order valence-corrected chi connectivity index (χ0v) is 25.6. The fourth-order valence-electron chi connectivity index (χ4n) is 4.74. The van der Waals surface area contributed by atoms with Crippen LogP contribution in [0, 0.1) is 17.7 Å². The van der Waals surface area contributed by atoms with E-state index in [9.17, 15) is 19.2 Å². The van der Waals surface area contributed by atoms with Crippen LogP contribution in [0.2, 0.25) is 0 Å². The molecule has 1 aliphatic rings. The molecular formula is C31H34FNO10S. The maximum Gasteiger partial charge on any atom is 0.306 e. The van der Waals surface area contributed by atoms with E-state index in [2.05, 4.69) is 0 Å². The van der Waals surface area contributed by atoms with Crippen LogP contribution in [-0.4, -0.2) is 66.2 Å². The van der Waals surface area contributed by atoms with Crippen molar-refractivity contribution >= 4 is 45.1 Å². The molecule has 0 bridgehead atoms. The maximum absolute atomic E-state index is 15.5. The minimum Gasteiger partial charge on any atom is -0.493 e. The molecule has 0 radical (unpaired) electrons. The van der Waals surface area contributed by atoms with Crippen molar-refractivity contribution in [3.8, 4) is 23.0 Å². The number of nitrogens with zero attached hydrogens (tertiary/aromatic N) is 1. The van der Waals surface area contributed by atoms with E-state index in [0.29, 0.717) is 35.7 Å². The smallest absolute Gasteiger partial charge is 0.306 e. The number of amides is 1. The van der Waals surface area contributed by atoms with Crippen molar-refractivity contribution in [1.82, 2.24) is 4.90 Å². The van der Waals surface area contributed by atoms with Crippen LogP contribution in [0.4, 0.5) is 4.39 Å². The predicted octanol–water partition coefficient (Wildman–Crippen LogP) is 5.15. The summed E-state index contributed by atoms with van der Waals surface area (Å²) in [5.74, 6) is -4.03. The lowest BCUT2D eigenvalue weighted by Crippen LogP contribution is -2.28. The van der Waals surface area contributed by atoms with E-state index in [1.807, 2.05) is 0 Å². The lowest BCUT2D eigenvalue weighted by Gasteiger charge is -2.16. The molecule has 1 aliphatic heterocycles. The second kappa shape index (κ2) is 13.9. The molecule has 4 rings (SSSR count). The van der Waals surface area contributed by atoms with Crippen LogP contribution in [0.5, 0.6) is 23.0 Å². The highest BCUT2D eigenvalue weighted by Gasteiger charge is 2.28. The van der Waals surface area contributed by atoms with E-state index in [-0.39, 0.29) is 59.5 Å². The molecule has 2 aromatic carbocycles. The second-order valence-corrected chi connectivity index (χ2v) is 11.7. The SMILES string of the molecule is COc1cc2c(cc1OCCCOc1c(OC)cc3sc(C(=O)CC(C)C(=O)O)cc3c1F)CN(C(=O)CC(C)C(=O)O)C2. The van der Waals surface area contributed by atoms with Crippen molar-refractivity contribution in [2.24, 2.45) is 11.8 Å². The van der Waals surface area contributed by atoms with Crippen molar-refractivity contribution in [2.75, 3.05) is 27.4 Å². The molecular weight excluding hydrogens is 597 g/mol. The number of halogens is 1. The molecule has 2 heterocycles. The van der Waals surface area contributed by atoms with Gasteiger partial charge in [0.15, 0.2) is 34.6 Å². The van der Waals surface area contributed by atoms with Gasteiger partial charge in [0.05, 0.1) is 44.1 Å². The van der Waals surface area contributed by atoms with Gasteiger partial charge in [-0.2, -0.15) is 0 Å². The molecule has 2 unspecified atom stereocenters. The Balaban J connectivity index is 1.37. The summed E-state index contributed by atoms with van der Waals surface area (Å²) in [7, 11) is 2.89. The molecule has 44 heavy (non-hydrogen) atoms. The molecule has 2 atom stereocenters. The minimum atomic E-state index is -1.08. The predicted molar refractivity (Wildman–Crippen MR) is 158 cm³/mol. The molecule has 1 aromatic heterocycles. The molecule has 1 amide bonds. The number of hydrogen-bond donors (Lipinski definition) is 2. The van der Waals surface area contributed by atoms with Crippen LogP contribution < -0.4 is 18.9 Å². The Bertz CT molecular complexity index is 1590. The fourth-order valence-corrected chi connectivity index (χ4v) is 5.77. The van der Waals surface area contributed by atoms with Gasteiger partial charge >= 0.3 is 11.9 Å². The van der Waals surface area contributed by atoms with Crippen LogP contribution in [0.25, 0.3) is 10.1 Å². The summed E-state index contributed by atoms with van der Waals surface area (Å²) in [6, 6.07) is 6.58. The first kappa shape index (κ1) is 32.5. The van der Waals surface area contributed by atoms with Crippen LogP contribution in [0.15, 0.2) is 24.3 Å². The monoisotopic (exact) mass is 631 g/mol. The average molecular weight is 632 g/mol. The van der Waals surface area contributed by atoms with Crippen LogP contribution in [-0.2, 0) is 27.5 Å². The molecule has 236 valence electrons. The number of ether oxygens (including phenoxy) is 4. The molecule has 2 N–H and O–H groups in total. The first-order chi connectivity index (χ1) is 20.9. The van der Waals surface area contributed by atoms with E-state index in [1.54, 1.807) is 23.1 Å². The molecule has 0 fully saturated rings. The van der Waals surface area contributed by atoms with Gasteiger partial charge in [0.2, 0.25) is 5.91 Å². The standard InChI is InChI=1S/C31H34FNO10S/c1-16(30(36)37)8-21(34)26-12-20-25(44-26)13-24(41-4)29(28(20)32)43-7-5-6-42-23-11-19-15-33(14-18(19)10-22(23)40-3)27(35)9-17(2)31(38)39/h10-13,16-17H,5-9,14-15H2,1-4H3,(H,36,37)(H,38,39). The Kier molecular flexibility index (Phi) is 10.3. The lowest BCUT2D eigenvalue weighted by molar-refractivity contribution is -0.145. The normalized spacial score (nSPS) is 13.7. The zero-order valence-electron chi connectivity index (χ0n) is 24.8. The summed E-state index contributed by atoms with van der Waals surface area (Å²) in [5, 5.41) is 18.4. The van der Waals surface area contributed by atoms with Crippen LogP contribution in [0.3, 0.4) is 0 Å². The summed E-state index contributed by atoms with van der Waals surface area (Å²) in [6.45, 7) is 3.92. The summed E-state index contributed by atoms with van der Waals surface area (Å²) in [5.41, 5.74) is 1.76. The van der Waals surface area contributed by atoms with E-state index >= 15 is 4.39 Å². The highest BCUT2D eigenvalue weighted by molar-refractivity contribution is 7.20. The number of ketones is 1. The quantitative estimate of drug-likeness (QED) is 0.170. The van der Waals surface area contributed by atoms with E-state index in [0.717, 1.165) is 22.5 Å². The Morgan fingerprint density at radius 3 is 2.07 bits per heavy atom. The van der Waals surface area contributed by atoms with Gasteiger partial charge in [0.1, 0.15) is 0 Å². The largest absolute Gasteiger partial charge is 0.493 e. The number of benzene rings is 2. The molecule has 0 saturated heterocycles. The van der Waals surface area contributed by atoms with Gasteiger partial charge in [0, 0.05) is 48.5 Å². The van der Waals surface area contributed by atoms with Gasteiger partial charge in [-0.25, -0.2) is 4.39 Å². The number of carboxylic acids is 2. The Morgan fingerprint density at radius 2 is 1.45 bits per heavy atom. The Hall–Kier alpha value is -4.39. The van der Waals surface area contributed by atoms with Gasteiger partial charge in [0.25, 0.3) is 0 Å². The number of aliphatic carboxylic acids is 2. The topological polar surface area (TPSA) is 149 Å². The zero-order chi connectivity index (χ0) is 32.1. The van der Waals surface area contributed by atoms with Gasteiger partial charge < -0.3 is 34.1 Å². The number of fused-ring (bicyclic) bond motifs is 2. The number of rotatable bonds is 15. The third-order valence-corrected chi connectivity index (χ3v) is 8.47. The number of methoxy groups -OCH3 is 2. The fraction of sp³-hybridized carbons (Fsp3) is 0.419. The van der Waals surface area contributed by atoms with Crippen molar-refractivity contribution in [1.29, 1.82) is 0 Å². The molecule has 0 spiro atoms. The van der Waals surface area contributed by atoms with E-state index in [1.165, 1.54) is 34.1 Å². The van der Waals surface area contributed by atoms with Crippen LogP contribution >= 0.6 is 11.3 Å². The van der Waals surface area contributed by atoms with Gasteiger partial charge in [-0.15, -0.1) is 11.3 Å². The minimum absolute atomic E-state index is 0.0834. The van der Waals surface area contributed by atoms with Gasteiger partial charge in [-0.1, -0.05) is 13.8 Å². The van der Waals surface area contributed by atoms with Crippen LogP contribution in [0.1, 0.15) is 53.9 Å². The van der Waals surface area contributed by atoms with Crippen molar-refractivity contribution in [2.45, 2.75) is 46.2 Å². The van der Waals surface area contributed by atoms with E-state index < -0.39 is 29.6 Å². The number of Topliss-reactive ketones (excluding diaryl/α,β-unsaturated/α-hetero) is 1. The summed E-state index contributed by atoms with van der Waals surface area (Å²) in [6.07, 6.45) is 0.0978. The summed E-state index contributed by atoms with van der Waals surface area (Å²) < 4.78 is 38.4. The van der Waals surface area contributed by atoms with Gasteiger partial charge in [-0.05, 0) is 29.3 Å². The molecule has 13 heteroatoms. The molecule has 3 aromatic rings. The third kappa shape index (κ3) is 7.21. The number of carbonyl (C=O) groups excluding carboxylic acids is 2. The lowest BCUT2D eigenvalue weighted by atomic mass is 10.0. The number of thiophene rings is 1. The molecule has 0 saturated carbocycles. The Morgan fingerprint density at radius 1 is 0.864 bits per heavy atom. The molecule has 0 aliphatic carbocycles. The number of carbonyl (C=O) groups is 4. The first-order valence-corrected chi connectivity index (χ1v) is 14.8. The highest BCUT2D eigenvalue weighted by Crippen LogP contribution is 2.41. The van der Waals surface area contributed by atoms with E-state index in [4.69, 9.17) is 29.2 Å². The van der Waals surface area contributed by atoms with Gasteiger partial charge in [-0.3, -0.25) is 19.2 Å². The average Bonchev–Trinajstić information content (AvgIpc) is 3.61. The Labute approximate surface area is 257 Å². The highest BCUT2D eigenvalue weighted by atomic mass is 32.1. The number of hydrogen-bond acceptors (Lipinski definition) is 9. The second-order valence-electron chi connectivity index (χ2n) is 10.6. The number of carboxylic acid groups (broad SMARTS) is 2. The van der Waals surface area contributed by atoms with Crippen molar-refractivity contribution < 1.29 is 52.7 Å². The van der Waals surface area contributed by atoms with Crippen molar-refractivity contribution in [3.05, 3.63) is 46.1 Å². The summed E-state index contributed by atoms with van der Waals surface area (Å²) >= 11 is 1.06. The molecule has 11 nitrogen and oxygen atoms in total. The summed E-state index contributed by atoms with van der Waals surface area (Å²) in [4.78, 5) is 49.2. The third-order valence-electron chi connectivity index (χ3n) is 7.35. The van der Waals surface area contributed by atoms with Crippen molar-refractivity contribution in [3.63, 3.8) is 0 Å².